The molecule has 0 saturated carbocycles. The van der Waals surface area contributed by atoms with Gasteiger partial charge in [0.15, 0.2) is 0 Å². The van der Waals surface area contributed by atoms with E-state index in [0.29, 0.717) is 0 Å². The Balaban J connectivity index is 2.85. The quantitative estimate of drug-likeness (QED) is 0.597. The Morgan fingerprint density at radius 2 is 1.78 bits per heavy atom. The average molecular weight is 121 g/mol. The lowest BCUT2D eigenvalue weighted by Gasteiger charge is -2.00. The second kappa shape index (κ2) is 2.65. The normalized spacial score (nSPS) is 13.1. The molecule has 1 atom stereocenters. The van der Waals surface area contributed by atoms with Gasteiger partial charge >= 0.3 is 0 Å². The SMILES string of the molecule is [CH2]C(O)c1ccccc1. The molecule has 0 spiro atoms. The number of rotatable bonds is 1. The summed E-state index contributed by atoms with van der Waals surface area (Å²) in [6.45, 7) is 3.46. The van der Waals surface area contributed by atoms with Crippen LogP contribution in [0.15, 0.2) is 30.3 Å². The van der Waals surface area contributed by atoms with E-state index in [1.807, 2.05) is 30.3 Å². The topological polar surface area (TPSA) is 20.2 Å². The van der Waals surface area contributed by atoms with Crippen molar-refractivity contribution in [3.05, 3.63) is 42.8 Å². The molecule has 0 aliphatic rings. The van der Waals surface area contributed by atoms with Crippen molar-refractivity contribution in [2.24, 2.45) is 0 Å². The fourth-order valence-electron chi connectivity index (χ4n) is 0.675. The summed E-state index contributed by atoms with van der Waals surface area (Å²) >= 11 is 0. The Hall–Kier alpha value is -0.820. The van der Waals surface area contributed by atoms with Crippen LogP contribution >= 0.6 is 0 Å². The molecule has 0 fully saturated rings. The van der Waals surface area contributed by atoms with Crippen LogP contribution in [0.4, 0.5) is 0 Å². The number of hydrogen-bond donors (Lipinski definition) is 1. The molecule has 0 bridgehead atoms. The fraction of sp³-hybridized carbons (Fsp3) is 0.125. The molecule has 1 radical (unpaired) electrons. The zero-order valence-electron chi connectivity index (χ0n) is 5.12. The third kappa shape index (κ3) is 1.54. The first-order chi connectivity index (χ1) is 4.30. The van der Waals surface area contributed by atoms with Gasteiger partial charge in [0.25, 0.3) is 0 Å². The third-order valence-electron chi connectivity index (χ3n) is 1.18. The Morgan fingerprint density at radius 3 is 2.11 bits per heavy atom. The van der Waals surface area contributed by atoms with E-state index in [1.165, 1.54) is 0 Å². The molecule has 9 heavy (non-hydrogen) atoms. The second-order valence-corrected chi connectivity index (χ2v) is 1.93. The van der Waals surface area contributed by atoms with Crippen molar-refractivity contribution in [3.8, 4) is 0 Å². The van der Waals surface area contributed by atoms with Gasteiger partial charge in [0, 0.05) is 0 Å². The Morgan fingerprint density at radius 1 is 1.22 bits per heavy atom. The molecule has 1 aromatic carbocycles. The lowest BCUT2D eigenvalue weighted by molar-refractivity contribution is 0.226. The number of benzene rings is 1. The Bertz CT molecular complexity index is 167. The molecule has 47 valence electrons. The second-order valence-electron chi connectivity index (χ2n) is 1.93. The van der Waals surface area contributed by atoms with E-state index in [4.69, 9.17) is 5.11 Å². The molecule has 0 amide bonds. The third-order valence-corrected chi connectivity index (χ3v) is 1.18. The molecule has 1 nitrogen and oxygen atoms in total. The van der Waals surface area contributed by atoms with Gasteiger partial charge in [-0.1, -0.05) is 30.3 Å². The lowest BCUT2D eigenvalue weighted by Crippen LogP contribution is -1.88. The van der Waals surface area contributed by atoms with Crippen LogP contribution in [0.2, 0.25) is 0 Å². The molecule has 0 aromatic heterocycles. The minimum atomic E-state index is -0.591. The summed E-state index contributed by atoms with van der Waals surface area (Å²) in [4.78, 5) is 0. The Labute approximate surface area is 55.0 Å². The van der Waals surface area contributed by atoms with Crippen LogP contribution < -0.4 is 0 Å². The predicted molar refractivity (Wildman–Crippen MR) is 36.8 cm³/mol. The number of hydrogen-bond acceptors (Lipinski definition) is 1. The maximum atomic E-state index is 8.91. The minimum Gasteiger partial charge on any atom is -0.388 e. The zero-order valence-corrected chi connectivity index (χ0v) is 5.12. The van der Waals surface area contributed by atoms with Crippen molar-refractivity contribution in [3.63, 3.8) is 0 Å². The smallest absolute Gasteiger partial charge is 0.0791 e. The molecule has 1 unspecified atom stereocenters. The van der Waals surface area contributed by atoms with Crippen LogP contribution in [-0.4, -0.2) is 5.11 Å². The minimum absolute atomic E-state index is 0.591. The highest BCUT2D eigenvalue weighted by Crippen LogP contribution is 2.08. The van der Waals surface area contributed by atoms with Gasteiger partial charge in [-0.3, -0.25) is 0 Å². The summed E-state index contributed by atoms with van der Waals surface area (Å²) < 4.78 is 0. The van der Waals surface area contributed by atoms with Gasteiger partial charge in [-0.05, 0) is 12.5 Å². The van der Waals surface area contributed by atoms with Crippen molar-refractivity contribution in [2.75, 3.05) is 0 Å². The van der Waals surface area contributed by atoms with Gasteiger partial charge in [0.1, 0.15) is 0 Å². The molecule has 1 aromatic rings. The van der Waals surface area contributed by atoms with Gasteiger partial charge in [0.2, 0.25) is 0 Å². The van der Waals surface area contributed by atoms with Crippen molar-refractivity contribution in [2.45, 2.75) is 6.10 Å². The first-order valence-corrected chi connectivity index (χ1v) is 2.87. The van der Waals surface area contributed by atoms with Gasteiger partial charge in [-0.15, -0.1) is 0 Å². The van der Waals surface area contributed by atoms with E-state index in [0.717, 1.165) is 5.56 Å². The summed E-state index contributed by atoms with van der Waals surface area (Å²) in [6.07, 6.45) is -0.591. The van der Waals surface area contributed by atoms with E-state index in [2.05, 4.69) is 6.92 Å². The molecule has 1 heteroatoms. The molecule has 0 heterocycles. The summed E-state index contributed by atoms with van der Waals surface area (Å²) in [5.41, 5.74) is 0.859. The molecule has 1 rings (SSSR count). The van der Waals surface area contributed by atoms with E-state index in [1.54, 1.807) is 0 Å². The first-order valence-electron chi connectivity index (χ1n) is 2.87. The number of aliphatic hydroxyl groups excluding tert-OH is 1. The van der Waals surface area contributed by atoms with Crippen LogP contribution in [0.5, 0.6) is 0 Å². The summed E-state index contributed by atoms with van der Waals surface area (Å²) in [7, 11) is 0. The van der Waals surface area contributed by atoms with Gasteiger partial charge < -0.3 is 5.11 Å². The van der Waals surface area contributed by atoms with Crippen molar-refractivity contribution >= 4 is 0 Å². The predicted octanol–water partition coefficient (Wildman–Crippen LogP) is 1.55. The molecule has 0 aliphatic heterocycles. The standard InChI is InChI=1S/C8H9O/c1-7(9)8-5-3-2-4-6-8/h2-7,9H,1H2. The summed E-state index contributed by atoms with van der Waals surface area (Å²) in [6, 6.07) is 9.36. The molecular formula is C8H9O. The van der Waals surface area contributed by atoms with Crippen LogP contribution in [-0.2, 0) is 0 Å². The van der Waals surface area contributed by atoms with Crippen LogP contribution in [0.1, 0.15) is 11.7 Å². The van der Waals surface area contributed by atoms with Gasteiger partial charge in [0.05, 0.1) is 6.10 Å². The van der Waals surface area contributed by atoms with Gasteiger partial charge in [-0.2, -0.15) is 0 Å². The van der Waals surface area contributed by atoms with Crippen molar-refractivity contribution in [1.29, 1.82) is 0 Å². The van der Waals surface area contributed by atoms with E-state index in [-0.39, 0.29) is 0 Å². The number of aliphatic hydroxyl groups is 1. The molecule has 0 aliphatic carbocycles. The highest BCUT2D eigenvalue weighted by molar-refractivity contribution is 5.17. The highest BCUT2D eigenvalue weighted by atomic mass is 16.3. The summed E-state index contributed by atoms with van der Waals surface area (Å²) in [5, 5.41) is 8.91. The summed E-state index contributed by atoms with van der Waals surface area (Å²) in [5.74, 6) is 0. The van der Waals surface area contributed by atoms with E-state index >= 15 is 0 Å². The van der Waals surface area contributed by atoms with Crippen molar-refractivity contribution < 1.29 is 5.11 Å². The zero-order chi connectivity index (χ0) is 6.69. The van der Waals surface area contributed by atoms with E-state index in [9.17, 15) is 0 Å². The van der Waals surface area contributed by atoms with Gasteiger partial charge in [-0.25, -0.2) is 0 Å². The molecule has 0 saturated heterocycles. The van der Waals surface area contributed by atoms with E-state index < -0.39 is 6.10 Å². The Kier molecular flexibility index (Phi) is 1.85. The largest absolute Gasteiger partial charge is 0.388 e. The highest BCUT2D eigenvalue weighted by Gasteiger charge is 1.95. The monoisotopic (exact) mass is 121 g/mol. The van der Waals surface area contributed by atoms with Crippen LogP contribution in [0.25, 0.3) is 0 Å². The van der Waals surface area contributed by atoms with Crippen LogP contribution in [0, 0.1) is 6.92 Å². The molecule has 1 N–H and O–H groups in total. The maximum Gasteiger partial charge on any atom is 0.0791 e. The lowest BCUT2D eigenvalue weighted by atomic mass is 10.1. The van der Waals surface area contributed by atoms with Crippen LogP contribution in [0.3, 0.4) is 0 Å². The molecular weight excluding hydrogens is 112 g/mol. The average Bonchev–Trinajstić information content (AvgIpc) is 1.90. The fourth-order valence-corrected chi connectivity index (χ4v) is 0.675. The maximum absolute atomic E-state index is 8.91. The first kappa shape index (κ1) is 6.30. The van der Waals surface area contributed by atoms with Crippen molar-refractivity contribution in [1.82, 2.24) is 0 Å².